The first-order valence-electron chi connectivity index (χ1n) is 6.45. The van der Waals surface area contributed by atoms with E-state index in [0.29, 0.717) is 28.1 Å². The molecule has 1 heterocycles. The first-order chi connectivity index (χ1) is 9.02. The zero-order valence-electron chi connectivity index (χ0n) is 11.3. The number of rotatable bonds is 3. The molecule has 1 fully saturated rings. The standard InChI is InChI=1S/C14H18Cl2N2O.ClH/c1-9-5-10(7-17)8-18(9)14(19)6-11-12(15)3-2-4-13(11)16;/h2-4,9-10H,5-8,17H2,1H3;1H. The van der Waals surface area contributed by atoms with E-state index in [0.717, 1.165) is 13.0 Å². The zero-order valence-corrected chi connectivity index (χ0v) is 13.6. The number of hydrogen-bond acceptors (Lipinski definition) is 2. The molecule has 0 radical (unpaired) electrons. The average Bonchev–Trinajstić information content (AvgIpc) is 2.75. The van der Waals surface area contributed by atoms with Crippen LogP contribution in [0.2, 0.25) is 10.0 Å². The van der Waals surface area contributed by atoms with E-state index in [1.54, 1.807) is 18.2 Å². The molecule has 2 atom stereocenters. The van der Waals surface area contributed by atoms with Gasteiger partial charge in [-0.2, -0.15) is 0 Å². The first-order valence-corrected chi connectivity index (χ1v) is 7.21. The average molecular weight is 338 g/mol. The molecule has 0 aromatic heterocycles. The van der Waals surface area contributed by atoms with Crippen LogP contribution in [0.5, 0.6) is 0 Å². The minimum Gasteiger partial charge on any atom is -0.339 e. The molecule has 1 aliphatic rings. The number of amides is 1. The molecule has 2 N–H and O–H groups in total. The lowest BCUT2D eigenvalue weighted by Crippen LogP contribution is -2.35. The summed E-state index contributed by atoms with van der Waals surface area (Å²) in [7, 11) is 0. The number of benzene rings is 1. The predicted octanol–water partition coefficient (Wildman–Crippen LogP) is 3.15. The Bertz CT molecular complexity index is 461. The monoisotopic (exact) mass is 336 g/mol. The lowest BCUT2D eigenvalue weighted by molar-refractivity contribution is -0.131. The molecule has 6 heteroatoms. The molecule has 1 aromatic rings. The van der Waals surface area contributed by atoms with Crippen LogP contribution in [0.4, 0.5) is 0 Å². The van der Waals surface area contributed by atoms with E-state index in [-0.39, 0.29) is 30.8 Å². The molecule has 0 aliphatic carbocycles. The van der Waals surface area contributed by atoms with Gasteiger partial charge in [0, 0.05) is 22.6 Å². The summed E-state index contributed by atoms with van der Waals surface area (Å²) in [5.74, 6) is 0.471. The Balaban J connectivity index is 0.00000200. The van der Waals surface area contributed by atoms with Gasteiger partial charge in [-0.25, -0.2) is 0 Å². The van der Waals surface area contributed by atoms with Crippen LogP contribution in [-0.4, -0.2) is 29.9 Å². The predicted molar refractivity (Wildman–Crippen MR) is 85.8 cm³/mol. The first kappa shape index (κ1) is 17.6. The Kier molecular flexibility index (Phi) is 6.59. The number of carbonyl (C=O) groups excluding carboxylic acids is 1. The molecular formula is C14H19Cl3N2O. The van der Waals surface area contributed by atoms with Crippen LogP contribution in [0.15, 0.2) is 18.2 Å². The minimum atomic E-state index is 0. The fourth-order valence-electron chi connectivity index (χ4n) is 2.61. The van der Waals surface area contributed by atoms with Crippen LogP contribution in [0.1, 0.15) is 18.9 Å². The number of likely N-dealkylation sites (tertiary alicyclic amines) is 1. The van der Waals surface area contributed by atoms with Gasteiger partial charge in [0.1, 0.15) is 0 Å². The number of hydrogen-bond donors (Lipinski definition) is 1. The van der Waals surface area contributed by atoms with Crippen molar-refractivity contribution < 1.29 is 4.79 Å². The quantitative estimate of drug-likeness (QED) is 0.921. The molecule has 1 aromatic carbocycles. The van der Waals surface area contributed by atoms with Crippen molar-refractivity contribution in [3.8, 4) is 0 Å². The number of nitrogens with zero attached hydrogens (tertiary/aromatic N) is 1. The van der Waals surface area contributed by atoms with Crippen molar-refractivity contribution >= 4 is 41.5 Å². The van der Waals surface area contributed by atoms with Gasteiger partial charge in [0.05, 0.1) is 6.42 Å². The molecule has 2 rings (SSSR count). The molecule has 0 bridgehead atoms. The van der Waals surface area contributed by atoms with E-state index in [9.17, 15) is 4.79 Å². The summed E-state index contributed by atoms with van der Waals surface area (Å²) >= 11 is 12.2. The summed E-state index contributed by atoms with van der Waals surface area (Å²) in [5, 5.41) is 1.09. The molecule has 112 valence electrons. The van der Waals surface area contributed by atoms with Crippen molar-refractivity contribution in [2.45, 2.75) is 25.8 Å². The van der Waals surface area contributed by atoms with Crippen LogP contribution in [0, 0.1) is 5.92 Å². The lowest BCUT2D eigenvalue weighted by atomic mass is 10.1. The Morgan fingerprint density at radius 1 is 1.40 bits per heavy atom. The Labute approximate surface area is 135 Å². The topological polar surface area (TPSA) is 46.3 Å². The van der Waals surface area contributed by atoms with Crippen molar-refractivity contribution in [3.63, 3.8) is 0 Å². The Hall–Kier alpha value is -0.480. The fraction of sp³-hybridized carbons (Fsp3) is 0.500. The van der Waals surface area contributed by atoms with Crippen LogP contribution in [0.25, 0.3) is 0 Å². The summed E-state index contributed by atoms with van der Waals surface area (Å²) in [6.45, 7) is 3.42. The highest BCUT2D eigenvalue weighted by Gasteiger charge is 2.31. The normalized spacial score (nSPS) is 21.7. The van der Waals surface area contributed by atoms with E-state index in [4.69, 9.17) is 28.9 Å². The van der Waals surface area contributed by atoms with Crippen LogP contribution >= 0.6 is 35.6 Å². The van der Waals surface area contributed by atoms with Crippen LogP contribution in [-0.2, 0) is 11.2 Å². The van der Waals surface area contributed by atoms with E-state index >= 15 is 0 Å². The molecule has 3 nitrogen and oxygen atoms in total. The van der Waals surface area contributed by atoms with Crippen LogP contribution < -0.4 is 5.73 Å². The van der Waals surface area contributed by atoms with Gasteiger partial charge in [-0.05, 0) is 43.5 Å². The van der Waals surface area contributed by atoms with E-state index < -0.39 is 0 Å². The Morgan fingerprint density at radius 3 is 2.50 bits per heavy atom. The fourth-order valence-corrected chi connectivity index (χ4v) is 3.15. The maximum absolute atomic E-state index is 12.4. The third-order valence-corrected chi connectivity index (χ3v) is 4.41. The van der Waals surface area contributed by atoms with Gasteiger partial charge in [0.15, 0.2) is 0 Å². The van der Waals surface area contributed by atoms with Crippen LogP contribution in [0.3, 0.4) is 0 Å². The van der Waals surface area contributed by atoms with Crippen molar-refractivity contribution in [1.82, 2.24) is 4.90 Å². The molecule has 1 aliphatic heterocycles. The highest BCUT2D eigenvalue weighted by Crippen LogP contribution is 2.27. The summed E-state index contributed by atoms with van der Waals surface area (Å²) in [6.07, 6.45) is 1.22. The molecule has 1 amide bonds. The van der Waals surface area contributed by atoms with Crippen molar-refractivity contribution in [2.75, 3.05) is 13.1 Å². The van der Waals surface area contributed by atoms with Gasteiger partial charge in [-0.1, -0.05) is 29.3 Å². The highest BCUT2D eigenvalue weighted by molar-refractivity contribution is 6.36. The van der Waals surface area contributed by atoms with Gasteiger partial charge in [0.2, 0.25) is 5.91 Å². The second kappa shape index (κ2) is 7.51. The van der Waals surface area contributed by atoms with Gasteiger partial charge in [-0.3, -0.25) is 4.79 Å². The van der Waals surface area contributed by atoms with Crippen molar-refractivity contribution in [2.24, 2.45) is 11.7 Å². The molecule has 1 saturated heterocycles. The summed E-state index contributed by atoms with van der Waals surface area (Å²) in [6, 6.07) is 5.53. The Morgan fingerprint density at radius 2 is 2.00 bits per heavy atom. The molecule has 0 spiro atoms. The van der Waals surface area contributed by atoms with E-state index in [2.05, 4.69) is 6.92 Å². The maximum atomic E-state index is 12.4. The second-order valence-electron chi connectivity index (χ2n) is 5.11. The van der Waals surface area contributed by atoms with Gasteiger partial charge < -0.3 is 10.6 Å². The van der Waals surface area contributed by atoms with Crippen molar-refractivity contribution in [1.29, 1.82) is 0 Å². The van der Waals surface area contributed by atoms with E-state index in [1.807, 2.05) is 4.90 Å². The third-order valence-electron chi connectivity index (χ3n) is 3.70. The lowest BCUT2D eigenvalue weighted by Gasteiger charge is -2.22. The number of halogens is 3. The number of nitrogens with two attached hydrogens (primary N) is 1. The molecule has 2 unspecified atom stereocenters. The summed E-state index contributed by atoms with van der Waals surface area (Å²) in [5.41, 5.74) is 6.39. The van der Waals surface area contributed by atoms with Gasteiger partial charge >= 0.3 is 0 Å². The summed E-state index contributed by atoms with van der Waals surface area (Å²) in [4.78, 5) is 14.2. The van der Waals surface area contributed by atoms with Gasteiger partial charge in [0.25, 0.3) is 0 Å². The minimum absolute atomic E-state index is 0. The zero-order chi connectivity index (χ0) is 14.0. The third kappa shape index (κ3) is 3.79. The largest absolute Gasteiger partial charge is 0.339 e. The SMILES string of the molecule is CC1CC(CN)CN1C(=O)Cc1c(Cl)cccc1Cl.Cl. The van der Waals surface area contributed by atoms with E-state index in [1.165, 1.54) is 0 Å². The van der Waals surface area contributed by atoms with Gasteiger partial charge in [-0.15, -0.1) is 12.4 Å². The smallest absolute Gasteiger partial charge is 0.227 e. The van der Waals surface area contributed by atoms with Crippen molar-refractivity contribution in [3.05, 3.63) is 33.8 Å². The second-order valence-corrected chi connectivity index (χ2v) is 5.92. The molecule has 20 heavy (non-hydrogen) atoms. The molecule has 0 saturated carbocycles. The number of carbonyl (C=O) groups is 1. The summed E-state index contributed by atoms with van der Waals surface area (Å²) < 4.78 is 0. The maximum Gasteiger partial charge on any atom is 0.227 e. The molecular weight excluding hydrogens is 319 g/mol. The highest BCUT2D eigenvalue weighted by atomic mass is 35.5.